The molecule has 0 bridgehead atoms. The van der Waals surface area contributed by atoms with E-state index in [1.165, 1.54) is 18.5 Å². The second-order valence-corrected chi connectivity index (χ2v) is 5.97. The molecule has 0 saturated heterocycles. The number of aromatic nitrogens is 1. The summed E-state index contributed by atoms with van der Waals surface area (Å²) >= 11 is 0. The summed E-state index contributed by atoms with van der Waals surface area (Å²) in [4.78, 5) is 15.3. The summed E-state index contributed by atoms with van der Waals surface area (Å²) in [5.41, 5.74) is 5.79. The molecule has 1 heterocycles. The SMILES string of the molecule is CS(=O)(=O)CCCNC(=O)c1ccc(N)nc1. The Kier molecular flexibility index (Phi) is 4.45. The summed E-state index contributed by atoms with van der Waals surface area (Å²) in [7, 11) is -2.97. The van der Waals surface area contributed by atoms with Crippen molar-refractivity contribution in [3.8, 4) is 0 Å². The molecule has 1 aromatic rings. The van der Waals surface area contributed by atoms with Crippen molar-refractivity contribution in [2.45, 2.75) is 6.42 Å². The van der Waals surface area contributed by atoms with Gasteiger partial charge in [0.15, 0.2) is 0 Å². The average Bonchev–Trinajstić information content (AvgIpc) is 2.24. The van der Waals surface area contributed by atoms with E-state index in [1.807, 2.05) is 0 Å². The number of amides is 1. The minimum absolute atomic E-state index is 0.0628. The summed E-state index contributed by atoms with van der Waals surface area (Å²) in [5, 5.41) is 2.61. The molecule has 0 saturated carbocycles. The number of nitrogens with two attached hydrogens (primary N) is 1. The lowest BCUT2D eigenvalue weighted by molar-refractivity contribution is 0.0953. The molecular formula is C10H15N3O3S. The van der Waals surface area contributed by atoms with E-state index in [0.29, 0.717) is 24.3 Å². The quantitative estimate of drug-likeness (QED) is 0.713. The van der Waals surface area contributed by atoms with Crippen LogP contribution in [0.4, 0.5) is 5.82 Å². The maximum Gasteiger partial charge on any atom is 0.252 e. The van der Waals surface area contributed by atoms with Gasteiger partial charge in [-0.05, 0) is 18.6 Å². The van der Waals surface area contributed by atoms with Crippen LogP contribution in [0.3, 0.4) is 0 Å². The fourth-order valence-electron chi connectivity index (χ4n) is 1.18. The van der Waals surface area contributed by atoms with E-state index in [1.54, 1.807) is 6.07 Å². The van der Waals surface area contributed by atoms with Crippen LogP contribution in [0.2, 0.25) is 0 Å². The molecule has 94 valence electrons. The highest BCUT2D eigenvalue weighted by Gasteiger charge is 2.06. The van der Waals surface area contributed by atoms with Crippen molar-refractivity contribution >= 4 is 21.6 Å². The van der Waals surface area contributed by atoms with E-state index in [-0.39, 0.29) is 11.7 Å². The van der Waals surface area contributed by atoms with Gasteiger partial charge in [-0.1, -0.05) is 0 Å². The Morgan fingerprint density at radius 2 is 2.18 bits per heavy atom. The number of hydrogen-bond acceptors (Lipinski definition) is 5. The Hall–Kier alpha value is -1.63. The number of anilines is 1. The van der Waals surface area contributed by atoms with Crippen LogP contribution in [0.15, 0.2) is 18.3 Å². The molecule has 17 heavy (non-hydrogen) atoms. The number of nitrogens with one attached hydrogen (secondary N) is 1. The third-order valence-corrected chi connectivity index (χ3v) is 3.06. The standard InChI is InChI=1S/C10H15N3O3S/c1-17(15,16)6-2-5-12-10(14)8-3-4-9(11)13-7-8/h3-4,7H,2,5-6H2,1H3,(H2,11,13)(H,12,14). The van der Waals surface area contributed by atoms with Gasteiger partial charge in [-0.2, -0.15) is 0 Å². The average molecular weight is 257 g/mol. The van der Waals surface area contributed by atoms with Crippen LogP contribution in [0, 0.1) is 0 Å². The molecule has 0 aliphatic rings. The largest absolute Gasteiger partial charge is 0.384 e. The van der Waals surface area contributed by atoms with Gasteiger partial charge in [0.2, 0.25) is 0 Å². The Morgan fingerprint density at radius 1 is 1.47 bits per heavy atom. The van der Waals surface area contributed by atoms with E-state index in [9.17, 15) is 13.2 Å². The van der Waals surface area contributed by atoms with Crippen LogP contribution in [0.25, 0.3) is 0 Å². The lowest BCUT2D eigenvalue weighted by Gasteiger charge is -2.04. The Labute approximate surface area is 100 Å². The Morgan fingerprint density at radius 3 is 2.71 bits per heavy atom. The fraction of sp³-hybridized carbons (Fsp3) is 0.400. The third kappa shape index (κ3) is 5.30. The van der Waals surface area contributed by atoms with Gasteiger partial charge in [0.25, 0.3) is 5.91 Å². The molecule has 0 atom stereocenters. The fourth-order valence-corrected chi connectivity index (χ4v) is 1.85. The summed E-state index contributed by atoms with van der Waals surface area (Å²) < 4.78 is 21.7. The van der Waals surface area contributed by atoms with Gasteiger partial charge < -0.3 is 11.1 Å². The summed E-state index contributed by atoms with van der Waals surface area (Å²) in [6, 6.07) is 3.10. The van der Waals surface area contributed by atoms with Gasteiger partial charge in [-0.3, -0.25) is 4.79 Å². The normalized spacial score (nSPS) is 11.1. The second-order valence-electron chi connectivity index (χ2n) is 3.71. The van der Waals surface area contributed by atoms with Gasteiger partial charge in [0.05, 0.1) is 11.3 Å². The van der Waals surface area contributed by atoms with Crippen LogP contribution in [0.5, 0.6) is 0 Å². The zero-order valence-corrected chi connectivity index (χ0v) is 10.3. The predicted molar refractivity (Wildman–Crippen MR) is 65.3 cm³/mol. The number of nitrogen functional groups attached to an aromatic ring is 1. The molecule has 0 radical (unpaired) electrons. The van der Waals surface area contributed by atoms with Crippen molar-refractivity contribution in [2.24, 2.45) is 0 Å². The van der Waals surface area contributed by atoms with Gasteiger partial charge >= 0.3 is 0 Å². The van der Waals surface area contributed by atoms with Crippen LogP contribution >= 0.6 is 0 Å². The first kappa shape index (κ1) is 13.4. The van der Waals surface area contributed by atoms with E-state index in [0.717, 1.165) is 0 Å². The van der Waals surface area contributed by atoms with Gasteiger partial charge in [0.1, 0.15) is 15.7 Å². The third-order valence-electron chi connectivity index (χ3n) is 2.03. The van der Waals surface area contributed by atoms with Crippen LogP contribution in [-0.4, -0.2) is 37.9 Å². The highest BCUT2D eigenvalue weighted by Crippen LogP contribution is 2.00. The maximum absolute atomic E-state index is 11.5. The van der Waals surface area contributed by atoms with Gasteiger partial charge in [0, 0.05) is 19.0 Å². The zero-order valence-electron chi connectivity index (χ0n) is 9.51. The lowest BCUT2D eigenvalue weighted by Crippen LogP contribution is -2.26. The number of hydrogen-bond donors (Lipinski definition) is 2. The number of sulfone groups is 1. The molecule has 0 aliphatic heterocycles. The minimum Gasteiger partial charge on any atom is -0.384 e. The summed E-state index contributed by atoms with van der Waals surface area (Å²) in [5.74, 6) is 0.123. The number of rotatable bonds is 5. The first-order valence-electron chi connectivity index (χ1n) is 5.06. The number of carbonyl (C=O) groups excluding carboxylic acids is 1. The smallest absolute Gasteiger partial charge is 0.252 e. The number of carbonyl (C=O) groups is 1. The Bertz CT molecular complexity index is 482. The molecule has 1 rings (SSSR count). The molecule has 0 fully saturated rings. The zero-order chi connectivity index (χ0) is 12.9. The van der Waals surface area contributed by atoms with Crippen molar-refractivity contribution in [1.29, 1.82) is 0 Å². The van der Waals surface area contributed by atoms with Crippen molar-refractivity contribution in [3.63, 3.8) is 0 Å². The van der Waals surface area contributed by atoms with Crippen molar-refractivity contribution in [2.75, 3.05) is 24.3 Å². The van der Waals surface area contributed by atoms with E-state index >= 15 is 0 Å². The van der Waals surface area contributed by atoms with Crippen molar-refractivity contribution in [1.82, 2.24) is 10.3 Å². The molecule has 1 aromatic heterocycles. The summed E-state index contributed by atoms with van der Waals surface area (Å²) in [6.45, 7) is 0.316. The first-order chi connectivity index (χ1) is 7.88. The molecule has 0 unspecified atom stereocenters. The van der Waals surface area contributed by atoms with Crippen LogP contribution < -0.4 is 11.1 Å². The molecular weight excluding hydrogens is 242 g/mol. The van der Waals surface area contributed by atoms with E-state index in [2.05, 4.69) is 10.3 Å². The lowest BCUT2D eigenvalue weighted by atomic mass is 10.2. The molecule has 0 aliphatic carbocycles. The maximum atomic E-state index is 11.5. The number of pyridine rings is 1. The topological polar surface area (TPSA) is 102 Å². The van der Waals surface area contributed by atoms with Gasteiger partial charge in [-0.25, -0.2) is 13.4 Å². The molecule has 3 N–H and O–H groups in total. The highest BCUT2D eigenvalue weighted by molar-refractivity contribution is 7.90. The molecule has 7 heteroatoms. The molecule has 1 amide bonds. The van der Waals surface area contributed by atoms with Crippen molar-refractivity contribution < 1.29 is 13.2 Å². The summed E-state index contributed by atoms with van der Waals surface area (Å²) in [6.07, 6.45) is 2.94. The second kappa shape index (κ2) is 5.62. The Balaban J connectivity index is 2.38. The van der Waals surface area contributed by atoms with E-state index < -0.39 is 9.84 Å². The molecule has 0 aromatic carbocycles. The monoisotopic (exact) mass is 257 g/mol. The van der Waals surface area contributed by atoms with E-state index in [4.69, 9.17) is 5.73 Å². The first-order valence-corrected chi connectivity index (χ1v) is 7.12. The highest BCUT2D eigenvalue weighted by atomic mass is 32.2. The van der Waals surface area contributed by atoms with Crippen molar-refractivity contribution in [3.05, 3.63) is 23.9 Å². The van der Waals surface area contributed by atoms with Gasteiger partial charge in [-0.15, -0.1) is 0 Å². The number of nitrogens with zero attached hydrogens (tertiary/aromatic N) is 1. The van der Waals surface area contributed by atoms with Crippen LogP contribution in [0.1, 0.15) is 16.8 Å². The predicted octanol–water partition coefficient (Wildman–Crippen LogP) is -0.172. The van der Waals surface area contributed by atoms with Crippen LogP contribution in [-0.2, 0) is 9.84 Å². The molecule has 0 spiro atoms. The minimum atomic E-state index is -2.97. The molecule has 6 nitrogen and oxygen atoms in total.